The Hall–Kier alpha value is -0.930. The molecule has 0 saturated carbocycles. The summed E-state index contributed by atoms with van der Waals surface area (Å²) in [6.07, 6.45) is 1.06. The standard InChI is InChI=1S/C10H15N3/c1-13-5-4-10-8(7-13)2-3-9(6-11)12-10/h2-3H,4-7,11H2,1H3. The van der Waals surface area contributed by atoms with Gasteiger partial charge < -0.3 is 10.6 Å². The summed E-state index contributed by atoms with van der Waals surface area (Å²) < 4.78 is 0. The molecule has 3 heteroatoms. The highest BCUT2D eigenvalue weighted by atomic mass is 15.1. The fourth-order valence-electron chi connectivity index (χ4n) is 1.72. The van der Waals surface area contributed by atoms with E-state index >= 15 is 0 Å². The van der Waals surface area contributed by atoms with E-state index in [0.29, 0.717) is 6.54 Å². The molecule has 0 unspecified atom stereocenters. The third-order valence-electron chi connectivity index (χ3n) is 2.51. The molecule has 2 N–H and O–H groups in total. The van der Waals surface area contributed by atoms with Crippen LogP contribution in [0, 0.1) is 0 Å². The van der Waals surface area contributed by atoms with Crippen molar-refractivity contribution in [2.24, 2.45) is 5.73 Å². The fraction of sp³-hybridized carbons (Fsp3) is 0.500. The fourth-order valence-corrected chi connectivity index (χ4v) is 1.72. The van der Waals surface area contributed by atoms with Crippen molar-refractivity contribution < 1.29 is 0 Å². The van der Waals surface area contributed by atoms with Gasteiger partial charge in [0.25, 0.3) is 0 Å². The van der Waals surface area contributed by atoms with Gasteiger partial charge in [-0.25, -0.2) is 0 Å². The average Bonchev–Trinajstić information content (AvgIpc) is 2.17. The van der Waals surface area contributed by atoms with Crippen molar-refractivity contribution in [2.45, 2.75) is 19.5 Å². The van der Waals surface area contributed by atoms with Gasteiger partial charge in [0.15, 0.2) is 0 Å². The van der Waals surface area contributed by atoms with Gasteiger partial charge in [0, 0.05) is 31.7 Å². The van der Waals surface area contributed by atoms with E-state index in [1.165, 1.54) is 11.3 Å². The second-order valence-corrected chi connectivity index (χ2v) is 3.60. The lowest BCUT2D eigenvalue weighted by molar-refractivity contribution is 0.309. The SMILES string of the molecule is CN1CCc2nc(CN)ccc2C1. The van der Waals surface area contributed by atoms with Gasteiger partial charge in [-0.2, -0.15) is 0 Å². The lowest BCUT2D eigenvalue weighted by atomic mass is 10.1. The molecule has 2 heterocycles. The van der Waals surface area contributed by atoms with Crippen molar-refractivity contribution in [3.8, 4) is 0 Å². The highest BCUT2D eigenvalue weighted by molar-refractivity contribution is 5.25. The maximum atomic E-state index is 5.54. The Kier molecular flexibility index (Phi) is 2.29. The Balaban J connectivity index is 2.31. The normalized spacial score (nSPS) is 17.1. The third kappa shape index (κ3) is 1.71. The number of pyridine rings is 1. The van der Waals surface area contributed by atoms with E-state index in [1.807, 2.05) is 6.07 Å². The first-order valence-corrected chi connectivity index (χ1v) is 4.66. The molecule has 0 spiro atoms. The zero-order valence-corrected chi connectivity index (χ0v) is 7.95. The summed E-state index contributed by atoms with van der Waals surface area (Å²) in [6.45, 7) is 2.67. The molecule has 0 radical (unpaired) electrons. The minimum Gasteiger partial charge on any atom is -0.325 e. The molecule has 0 fully saturated rings. The van der Waals surface area contributed by atoms with Gasteiger partial charge in [0.1, 0.15) is 0 Å². The maximum Gasteiger partial charge on any atom is 0.0543 e. The van der Waals surface area contributed by atoms with Crippen molar-refractivity contribution in [1.29, 1.82) is 0 Å². The number of fused-ring (bicyclic) bond motifs is 1. The Morgan fingerprint density at radius 2 is 2.38 bits per heavy atom. The molecule has 1 aliphatic rings. The van der Waals surface area contributed by atoms with E-state index in [2.05, 4.69) is 23.0 Å². The van der Waals surface area contributed by atoms with Crippen LogP contribution in [0.3, 0.4) is 0 Å². The number of nitrogens with two attached hydrogens (primary N) is 1. The Morgan fingerprint density at radius 1 is 1.54 bits per heavy atom. The van der Waals surface area contributed by atoms with Crippen LogP contribution in [-0.4, -0.2) is 23.5 Å². The average molecular weight is 177 g/mol. The molecule has 0 bridgehead atoms. The van der Waals surface area contributed by atoms with Crippen molar-refractivity contribution in [1.82, 2.24) is 9.88 Å². The van der Waals surface area contributed by atoms with E-state index in [-0.39, 0.29) is 0 Å². The quantitative estimate of drug-likeness (QED) is 0.680. The topological polar surface area (TPSA) is 42.2 Å². The summed E-state index contributed by atoms with van der Waals surface area (Å²) >= 11 is 0. The van der Waals surface area contributed by atoms with Crippen molar-refractivity contribution in [3.63, 3.8) is 0 Å². The van der Waals surface area contributed by atoms with E-state index in [4.69, 9.17) is 5.73 Å². The van der Waals surface area contributed by atoms with Crippen LogP contribution in [0.15, 0.2) is 12.1 Å². The van der Waals surface area contributed by atoms with E-state index < -0.39 is 0 Å². The molecule has 1 aromatic heterocycles. The molecule has 0 amide bonds. The first-order valence-electron chi connectivity index (χ1n) is 4.66. The van der Waals surface area contributed by atoms with Gasteiger partial charge in [-0.3, -0.25) is 4.98 Å². The zero-order chi connectivity index (χ0) is 9.26. The van der Waals surface area contributed by atoms with Crippen LogP contribution in [0.5, 0.6) is 0 Å². The molecular formula is C10H15N3. The van der Waals surface area contributed by atoms with Crippen molar-refractivity contribution in [2.75, 3.05) is 13.6 Å². The summed E-state index contributed by atoms with van der Waals surface area (Å²) in [5.41, 5.74) is 9.13. The number of hydrogen-bond donors (Lipinski definition) is 1. The van der Waals surface area contributed by atoms with Crippen LogP contribution in [0.1, 0.15) is 17.0 Å². The highest BCUT2D eigenvalue weighted by Crippen LogP contribution is 2.15. The van der Waals surface area contributed by atoms with Crippen LogP contribution < -0.4 is 5.73 Å². The van der Waals surface area contributed by atoms with Gasteiger partial charge >= 0.3 is 0 Å². The van der Waals surface area contributed by atoms with Gasteiger partial charge in [-0.05, 0) is 18.7 Å². The van der Waals surface area contributed by atoms with Gasteiger partial charge in [-0.15, -0.1) is 0 Å². The molecule has 0 aliphatic carbocycles. The molecule has 13 heavy (non-hydrogen) atoms. The minimum absolute atomic E-state index is 0.545. The van der Waals surface area contributed by atoms with Gasteiger partial charge in [0.05, 0.1) is 5.69 Å². The van der Waals surface area contributed by atoms with Crippen LogP contribution in [0.25, 0.3) is 0 Å². The van der Waals surface area contributed by atoms with Crippen LogP contribution >= 0.6 is 0 Å². The minimum atomic E-state index is 0.545. The molecule has 1 aliphatic heterocycles. The number of rotatable bonds is 1. The molecule has 2 rings (SSSR count). The van der Waals surface area contributed by atoms with Crippen LogP contribution in [0.4, 0.5) is 0 Å². The predicted octanol–water partition coefficient (Wildman–Crippen LogP) is 0.528. The van der Waals surface area contributed by atoms with E-state index in [9.17, 15) is 0 Å². The smallest absolute Gasteiger partial charge is 0.0543 e. The Bertz CT molecular complexity index is 309. The lowest BCUT2D eigenvalue weighted by Gasteiger charge is -2.24. The monoisotopic (exact) mass is 177 g/mol. The third-order valence-corrected chi connectivity index (χ3v) is 2.51. The summed E-state index contributed by atoms with van der Waals surface area (Å²) in [5, 5.41) is 0. The number of hydrogen-bond acceptors (Lipinski definition) is 3. The van der Waals surface area contributed by atoms with E-state index in [0.717, 1.165) is 25.2 Å². The Morgan fingerprint density at radius 3 is 3.15 bits per heavy atom. The molecule has 0 saturated heterocycles. The second-order valence-electron chi connectivity index (χ2n) is 3.60. The number of aromatic nitrogens is 1. The molecule has 0 aromatic carbocycles. The zero-order valence-electron chi connectivity index (χ0n) is 7.95. The van der Waals surface area contributed by atoms with Crippen LogP contribution in [-0.2, 0) is 19.5 Å². The largest absolute Gasteiger partial charge is 0.325 e. The first-order chi connectivity index (χ1) is 6.29. The second kappa shape index (κ2) is 3.44. The molecule has 3 nitrogen and oxygen atoms in total. The van der Waals surface area contributed by atoms with Crippen molar-refractivity contribution >= 4 is 0 Å². The number of nitrogens with zero attached hydrogens (tertiary/aromatic N) is 2. The molecule has 0 atom stereocenters. The highest BCUT2D eigenvalue weighted by Gasteiger charge is 2.13. The van der Waals surface area contributed by atoms with Crippen LogP contribution in [0.2, 0.25) is 0 Å². The lowest BCUT2D eigenvalue weighted by Crippen LogP contribution is -2.27. The summed E-state index contributed by atoms with van der Waals surface area (Å²) in [4.78, 5) is 6.83. The van der Waals surface area contributed by atoms with E-state index in [1.54, 1.807) is 0 Å². The number of likely N-dealkylation sites (N-methyl/N-ethyl adjacent to an activating group) is 1. The summed E-state index contributed by atoms with van der Waals surface area (Å²) in [5.74, 6) is 0. The summed E-state index contributed by atoms with van der Waals surface area (Å²) in [7, 11) is 2.14. The summed E-state index contributed by atoms with van der Waals surface area (Å²) in [6, 6.07) is 4.18. The Labute approximate surface area is 78.6 Å². The molecule has 70 valence electrons. The van der Waals surface area contributed by atoms with Gasteiger partial charge in [-0.1, -0.05) is 6.07 Å². The molecule has 1 aromatic rings. The van der Waals surface area contributed by atoms with Crippen molar-refractivity contribution in [3.05, 3.63) is 29.1 Å². The predicted molar refractivity (Wildman–Crippen MR) is 52.2 cm³/mol. The first kappa shape index (κ1) is 8.66. The van der Waals surface area contributed by atoms with Gasteiger partial charge in [0.2, 0.25) is 0 Å². The molecular weight excluding hydrogens is 162 g/mol. The maximum absolute atomic E-state index is 5.54.